The molecule has 4 heteroatoms. The van der Waals surface area contributed by atoms with Crippen molar-refractivity contribution in [2.75, 3.05) is 14.2 Å². The second kappa shape index (κ2) is 11.9. The molecule has 0 N–H and O–H groups in total. The number of carbonyl (C=O) groups is 2. The minimum absolute atomic E-state index is 0.180. The fraction of sp³-hybridized carbons (Fsp3) is 0.421. The highest BCUT2D eigenvalue weighted by molar-refractivity contribution is 5.82. The summed E-state index contributed by atoms with van der Waals surface area (Å²) in [4.78, 5) is 25.8. The summed E-state index contributed by atoms with van der Waals surface area (Å²) in [5.41, 5.74) is 8.31. The van der Waals surface area contributed by atoms with Crippen molar-refractivity contribution < 1.29 is 19.1 Å². The molecule has 2 aromatic rings. The summed E-state index contributed by atoms with van der Waals surface area (Å²) in [6, 6.07) is 17.3. The number of carbonyl (C=O) groups excluding carboxylic acids is 2. The van der Waals surface area contributed by atoms with Crippen molar-refractivity contribution in [3.05, 3.63) is 107 Å². The molecule has 0 heterocycles. The monoisotopic (exact) mass is 564 g/mol. The van der Waals surface area contributed by atoms with Crippen molar-refractivity contribution >= 4 is 11.9 Å². The number of rotatable bonds is 9. The highest BCUT2D eigenvalue weighted by Gasteiger charge is 2.49. The van der Waals surface area contributed by atoms with E-state index in [1.165, 1.54) is 53.2 Å². The summed E-state index contributed by atoms with van der Waals surface area (Å²) in [5, 5.41) is 0. The van der Waals surface area contributed by atoms with E-state index in [1.807, 2.05) is 13.8 Å². The largest absolute Gasteiger partial charge is 0.469 e. The molecule has 4 nitrogen and oxygen atoms in total. The Morgan fingerprint density at radius 3 is 1.93 bits per heavy atom. The van der Waals surface area contributed by atoms with Gasteiger partial charge in [-0.1, -0.05) is 111 Å². The summed E-state index contributed by atoms with van der Waals surface area (Å²) < 4.78 is 10.5. The SMILES string of the molecule is C/C=C1\C=C/CC2=CC=C(C2C)C1(CCC1(CC(C)C(=O)OC)c2ccccc2-c2ccccc21)CC(C)C(=O)OC. The molecule has 3 aliphatic carbocycles. The molecule has 0 fully saturated rings. The first-order valence-electron chi connectivity index (χ1n) is 15.3. The van der Waals surface area contributed by atoms with Crippen LogP contribution in [0.4, 0.5) is 0 Å². The van der Waals surface area contributed by atoms with E-state index in [0.29, 0.717) is 18.8 Å². The molecule has 0 radical (unpaired) electrons. The number of allylic oxidation sites excluding steroid dienone is 8. The number of ether oxygens (including phenoxy) is 2. The third-order valence-corrected chi connectivity index (χ3v) is 10.2. The molecular weight excluding hydrogens is 520 g/mol. The van der Waals surface area contributed by atoms with E-state index >= 15 is 0 Å². The zero-order chi connectivity index (χ0) is 30.1. The van der Waals surface area contributed by atoms with E-state index in [9.17, 15) is 9.59 Å². The topological polar surface area (TPSA) is 52.6 Å². The average molecular weight is 565 g/mol. The van der Waals surface area contributed by atoms with Gasteiger partial charge in [0, 0.05) is 10.8 Å². The van der Waals surface area contributed by atoms with E-state index in [2.05, 4.69) is 92.8 Å². The van der Waals surface area contributed by atoms with Gasteiger partial charge in [-0.25, -0.2) is 0 Å². The third-order valence-electron chi connectivity index (χ3n) is 10.2. The van der Waals surface area contributed by atoms with Gasteiger partial charge in [-0.15, -0.1) is 0 Å². The summed E-state index contributed by atoms with van der Waals surface area (Å²) in [6.07, 6.45) is 15.3. The maximum absolute atomic E-state index is 12.9. The van der Waals surface area contributed by atoms with Crippen molar-refractivity contribution in [3.8, 4) is 11.1 Å². The van der Waals surface area contributed by atoms with Crippen LogP contribution in [0.5, 0.6) is 0 Å². The van der Waals surface area contributed by atoms with Gasteiger partial charge in [-0.05, 0) is 72.8 Å². The van der Waals surface area contributed by atoms with Gasteiger partial charge < -0.3 is 9.47 Å². The van der Waals surface area contributed by atoms with Crippen molar-refractivity contribution in [1.82, 2.24) is 0 Å². The summed E-state index contributed by atoms with van der Waals surface area (Å²) in [5.74, 6) is -0.628. The quantitative estimate of drug-likeness (QED) is 0.287. The van der Waals surface area contributed by atoms with Crippen molar-refractivity contribution in [2.24, 2.45) is 23.2 Å². The molecule has 42 heavy (non-hydrogen) atoms. The van der Waals surface area contributed by atoms with Gasteiger partial charge in [-0.3, -0.25) is 9.59 Å². The lowest BCUT2D eigenvalue weighted by Gasteiger charge is -2.45. The van der Waals surface area contributed by atoms with Crippen LogP contribution in [0.25, 0.3) is 11.1 Å². The van der Waals surface area contributed by atoms with Crippen LogP contribution in [0.2, 0.25) is 0 Å². The molecule has 3 aliphatic rings. The maximum atomic E-state index is 12.9. The summed E-state index contributed by atoms with van der Waals surface area (Å²) in [7, 11) is 2.95. The molecule has 0 saturated carbocycles. The minimum Gasteiger partial charge on any atom is -0.469 e. The smallest absolute Gasteiger partial charge is 0.308 e. The molecular formula is C38H44O4. The van der Waals surface area contributed by atoms with E-state index in [0.717, 1.165) is 19.3 Å². The van der Waals surface area contributed by atoms with Gasteiger partial charge in [-0.2, -0.15) is 0 Å². The van der Waals surface area contributed by atoms with Crippen molar-refractivity contribution in [3.63, 3.8) is 0 Å². The van der Waals surface area contributed by atoms with Crippen LogP contribution < -0.4 is 0 Å². The molecule has 0 aromatic heterocycles. The van der Waals surface area contributed by atoms with Crippen LogP contribution in [-0.4, -0.2) is 26.2 Å². The van der Waals surface area contributed by atoms with Gasteiger partial charge in [0.2, 0.25) is 0 Å². The molecule has 2 bridgehead atoms. The van der Waals surface area contributed by atoms with Gasteiger partial charge in [0.15, 0.2) is 0 Å². The summed E-state index contributed by atoms with van der Waals surface area (Å²) in [6.45, 7) is 8.40. The van der Waals surface area contributed by atoms with Crippen LogP contribution in [-0.2, 0) is 24.5 Å². The zero-order valence-electron chi connectivity index (χ0n) is 25.9. The number of esters is 2. The predicted molar refractivity (Wildman–Crippen MR) is 169 cm³/mol. The van der Waals surface area contributed by atoms with Gasteiger partial charge >= 0.3 is 11.9 Å². The Bertz CT molecular complexity index is 1440. The second-order valence-electron chi connectivity index (χ2n) is 12.4. The van der Waals surface area contributed by atoms with Gasteiger partial charge in [0.05, 0.1) is 26.1 Å². The molecule has 5 rings (SSSR count). The minimum atomic E-state index is -0.383. The Morgan fingerprint density at radius 1 is 0.857 bits per heavy atom. The Hall–Kier alpha value is -3.66. The lowest BCUT2D eigenvalue weighted by atomic mass is 9.58. The number of methoxy groups -OCH3 is 2. The zero-order valence-corrected chi connectivity index (χ0v) is 25.9. The van der Waals surface area contributed by atoms with Crippen molar-refractivity contribution in [2.45, 2.75) is 65.2 Å². The predicted octanol–water partition coefficient (Wildman–Crippen LogP) is 8.53. The van der Waals surface area contributed by atoms with Gasteiger partial charge in [0.25, 0.3) is 0 Å². The molecule has 0 saturated heterocycles. The Labute approximate surface area is 251 Å². The fourth-order valence-electron chi connectivity index (χ4n) is 8.20. The lowest BCUT2D eigenvalue weighted by Crippen LogP contribution is -2.37. The van der Waals surface area contributed by atoms with Crippen LogP contribution in [0.15, 0.2) is 95.6 Å². The number of hydrogen-bond donors (Lipinski definition) is 0. The van der Waals surface area contributed by atoms with E-state index in [4.69, 9.17) is 9.47 Å². The van der Waals surface area contributed by atoms with E-state index in [-0.39, 0.29) is 34.6 Å². The fourth-order valence-corrected chi connectivity index (χ4v) is 8.20. The molecule has 0 spiro atoms. The Balaban J connectivity index is 1.69. The molecule has 4 atom stereocenters. The Kier molecular flexibility index (Phi) is 8.46. The molecule has 0 aliphatic heterocycles. The van der Waals surface area contributed by atoms with Crippen LogP contribution in [0.3, 0.4) is 0 Å². The van der Waals surface area contributed by atoms with Crippen LogP contribution in [0.1, 0.15) is 70.9 Å². The molecule has 2 aromatic carbocycles. The number of fused-ring (bicyclic) bond motifs is 5. The lowest BCUT2D eigenvalue weighted by molar-refractivity contribution is -0.146. The van der Waals surface area contributed by atoms with Crippen LogP contribution in [0, 0.1) is 23.2 Å². The van der Waals surface area contributed by atoms with Crippen molar-refractivity contribution in [1.29, 1.82) is 0 Å². The maximum Gasteiger partial charge on any atom is 0.308 e. The summed E-state index contributed by atoms with van der Waals surface area (Å²) >= 11 is 0. The first kappa shape index (κ1) is 29.8. The normalized spacial score (nSPS) is 24.8. The molecule has 4 unspecified atom stereocenters. The molecule has 0 amide bonds. The first-order chi connectivity index (χ1) is 20.2. The highest BCUT2D eigenvalue weighted by atomic mass is 16.5. The van der Waals surface area contributed by atoms with Crippen LogP contribution >= 0.6 is 0 Å². The van der Waals surface area contributed by atoms with Gasteiger partial charge in [0.1, 0.15) is 0 Å². The average Bonchev–Trinajstić information content (AvgIpc) is 3.54. The number of hydrogen-bond acceptors (Lipinski definition) is 4. The Morgan fingerprint density at radius 2 is 1.38 bits per heavy atom. The number of benzene rings is 2. The molecule has 220 valence electrons. The van der Waals surface area contributed by atoms with E-state index in [1.54, 1.807) is 0 Å². The van der Waals surface area contributed by atoms with E-state index < -0.39 is 0 Å². The first-order valence-corrected chi connectivity index (χ1v) is 15.3. The highest BCUT2D eigenvalue weighted by Crippen LogP contribution is 2.59. The third kappa shape index (κ3) is 4.89. The standard InChI is InChI=1S/C38H44O4/c1-7-29-14-12-13-28-19-20-32(27(28)4)37(29,23-25(2)35(39)41-5)21-22-38(24-26(3)36(40)42-6)33-17-10-8-15-30(33)31-16-9-11-18-34(31)38/h7-12,14-20,25-27H,13,21-24H2,1-6H3/b14-12-,29-7+. The second-order valence-corrected chi connectivity index (χ2v) is 12.4.